The molecule has 30 heavy (non-hydrogen) atoms. The fraction of sp³-hybridized carbons (Fsp3) is 0.273. The fourth-order valence-corrected chi connectivity index (χ4v) is 4.79. The number of rotatable bonds is 3. The van der Waals surface area contributed by atoms with Gasteiger partial charge in [0, 0.05) is 24.8 Å². The van der Waals surface area contributed by atoms with Gasteiger partial charge in [0.05, 0.1) is 28.9 Å². The first-order chi connectivity index (χ1) is 14.0. The predicted molar refractivity (Wildman–Crippen MR) is 103 cm³/mol. The Labute approximate surface area is 195 Å². The average Bonchev–Trinajstić information content (AvgIpc) is 3.08. The van der Waals surface area contributed by atoms with E-state index < -0.39 is 12.0 Å². The largest absolute Gasteiger partial charge is 1.00 e. The molecule has 4 heterocycles. The molecule has 146 valence electrons. The molecule has 2 fully saturated rings. The fourth-order valence-electron chi connectivity index (χ4n) is 4.79. The second-order valence-corrected chi connectivity index (χ2v) is 7.70. The molecular weight excluding hydrogens is 393 g/mol. The maximum Gasteiger partial charge on any atom is 1.00 e. The third kappa shape index (κ3) is 3.09. The quantitative estimate of drug-likeness (QED) is 0.419. The maximum absolute atomic E-state index is 12.6. The summed E-state index contributed by atoms with van der Waals surface area (Å²) in [5.74, 6) is -1.86. The van der Waals surface area contributed by atoms with Crippen LogP contribution in [0.25, 0.3) is 17.0 Å². The summed E-state index contributed by atoms with van der Waals surface area (Å²) in [4.78, 5) is 43.8. The van der Waals surface area contributed by atoms with Crippen LogP contribution in [0.1, 0.15) is 19.0 Å². The van der Waals surface area contributed by atoms with Crippen molar-refractivity contribution in [1.82, 2.24) is 14.8 Å². The average molecular weight is 411 g/mol. The molecule has 3 aliphatic heterocycles. The van der Waals surface area contributed by atoms with Gasteiger partial charge < -0.3 is 19.7 Å². The Morgan fingerprint density at radius 1 is 1.17 bits per heavy atom. The van der Waals surface area contributed by atoms with Crippen molar-refractivity contribution in [1.29, 1.82) is 0 Å². The van der Waals surface area contributed by atoms with Crippen molar-refractivity contribution in [3.05, 3.63) is 59.4 Å². The second-order valence-electron chi connectivity index (χ2n) is 7.70. The molecule has 7 nitrogen and oxygen atoms in total. The first kappa shape index (κ1) is 20.8. The van der Waals surface area contributed by atoms with Crippen LogP contribution < -0.4 is 34.7 Å². The van der Waals surface area contributed by atoms with Crippen LogP contribution in [-0.2, 0) is 14.4 Å². The Kier molecular flexibility index (Phi) is 5.30. The van der Waals surface area contributed by atoms with E-state index in [-0.39, 0.29) is 59.0 Å². The van der Waals surface area contributed by atoms with E-state index in [9.17, 15) is 19.5 Å². The summed E-state index contributed by atoms with van der Waals surface area (Å²) >= 11 is 0. The van der Waals surface area contributed by atoms with E-state index in [1.165, 1.54) is 11.8 Å². The van der Waals surface area contributed by atoms with Crippen molar-refractivity contribution in [3.8, 4) is 0 Å². The molecule has 3 atom stereocenters. The van der Waals surface area contributed by atoms with Gasteiger partial charge in [0.1, 0.15) is 6.04 Å². The second kappa shape index (κ2) is 7.65. The molecule has 0 radical (unpaired) electrons. The van der Waals surface area contributed by atoms with E-state index in [1.54, 1.807) is 17.1 Å². The number of carboxylic acid groups (broad SMARTS) is 1. The van der Waals surface area contributed by atoms with Gasteiger partial charge in [0.2, 0.25) is 5.91 Å². The van der Waals surface area contributed by atoms with E-state index in [1.807, 2.05) is 36.4 Å². The van der Waals surface area contributed by atoms with Crippen molar-refractivity contribution >= 4 is 34.8 Å². The van der Waals surface area contributed by atoms with E-state index in [0.717, 1.165) is 10.9 Å². The van der Waals surface area contributed by atoms with Gasteiger partial charge in [-0.1, -0.05) is 30.3 Å². The van der Waals surface area contributed by atoms with Crippen LogP contribution in [0, 0.1) is 5.92 Å². The number of carboxylic acids is 1. The van der Waals surface area contributed by atoms with Crippen molar-refractivity contribution < 1.29 is 49.0 Å². The summed E-state index contributed by atoms with van der Waals surface area (Å²) in [6, 6.07) is 10.7. The molecule has 2 unspecified atom stereocenters. The Morgan fingerprint density at radius 3 is 2.67 bits per heavy atom. The van der Waals surface area contributed by atoms with Gasteiger partial charge in [0.15, 0.2) is 0 Å². The van der Waals surface area contributed by atoms with Crippen LogP contribution in [0.4, 0.5) is 0 Å². The number of hydrogen-bond donors (Lipinski definition) is 0. The topological polar surface area (TPSA) is 93.6 Å². The van der Waals surface area contributed by atoms with Gasteiger partial charge in [-0.25, -0.2) is 4.98 Å². The maximum atomic E-state index is 12.6. The SMILES string of the molecule is CC(=O)N1CC2CC(/C=C/c3ccc4ccccc4n3)=C(C(=O)[O-])N3C(=O)C1[C@@H]23.[Na+]. The van der Waals surface area contributed by atoms with Gasteiger partial charge in [-0.15, -0.1) is 0 Å². The standard InChI is InChI=1S/C22H19N3O4.Na/c1-12(26)24-11-15-10-14(19(22(28)29)25-18(15)20(24)21(25)27)7-9-16-8-6-13-4-2-3-5-17(13)23-16;/h2-9,15,18,20H,10-11H2,1H3,(H,28,29);/q;+1/p-1/b9-7+;/t15?,18-,20?;/m1./s1. The smallest absolute Gasteiger partial charge is 0.543 e. The number of carbonyl (C=O) groups excluding carboxylic acids is 3. The van der Waals surface area contributed by atoms with E-state index in [2.05, 4.69) is 4.98 Å². The van der Waals surface area contributed by atoms with Crippen LogP contribution in [0.15, 0.2) is 53.7 Å². The molecule has 1 aromatic heterocycles. The summed E-state index contributed by atoms with van der Waals surface area (Å²) in [6.07, 6.45) is 3.93. The predicted octanol–water partition coefficient (Wildman–Crippen LogP) is -2.28. The number of allylic oxidation sites excluding steroid dienone is 2. The summed E-state index contributed by atoms with van der Waals surface area (Å²) in [6.45, 7) is 1.89. The van der Waals surface area contributed by atoms with Gasteiger partial charge >= 0.3 is 29.6 Å². The zero-order valence-electron chi connectivity index (χ0n) is 16.7. The summed E-state index contributed by atoms with van der Waals surface area (Å²) in [5, 5.41) is 12.9. The third-order valence-electron chi connectivity index (χ3n) is 6.06. The Bertz CT molecular complexity index is 1140. The number of hydrogen-bond acceptors (Lipinski definition) is 5. The normalized spacial score (nSPS) is 24.7. The number of carbonyl (C=O) groups is 3. The molecule has 0 saturated carbocycles. The van der Waals surface area contributed by atoms with Gasteiger partial charge in [0.25, 0.3) is 5.91 Å². The third-order valence-corrected chi connectivity index (χ3v) is 6.06. The molecule has 3 aliphatic rings. The zero-order chi connectivity index (χ0) is 20.3. The molecule has 0 N–H and O–H groups in total. The molecule has 2 saturated heterocycles. The number of fused-ring (bicyclic) bond motifs is 1. The molecule has 5 rings (SSSR count). The van der Waals surface area contributed by atoms with Crippen LogP contribution in [0.5, 0.6) is 0 Å². The molecule has 2 aromatic rings. The number of pyridine rings is 1. The minimum Gasteiger partial charge on any atom is -0.543 e. The molecule has 0 bridgehead atoms. The van der Waals surface area contributed by atoms with Gasteiger partial charge in [-0.3, -0.25) is 9.59 Å². The molecule has 0 aliphatic carbocycles. The monoisotopic (exact) mass is 411 g/mol. The number of amides is 2. The number of likely N-dealkylation sites (tertiary alicyclic amines) is 1. The van der Waals surface area contributed by atoms with Crippen molar-refractivity contribution in [2.45, 2.75) is 25.4 Å². The molecule has 2 amide bonds. The molecular formula is C22H18N3NaO4. The van der Waals surface area contributed by atoms with Crippen LogP contribution in [0.2, 0.25) is 0 Å². The number of benzene rings is 1. The molecule has 1 aromatic carbocycles. The Balaban J connectivity index is 0.00000218. The van der Waals surface area contributed by atoms with Crippen molar-refractivity contribution in [2.75, 3.05) is 6.54 Å². The molecule has 8 heteroatoms. The summed E-state index contributed by atoms with van der Waals surface area (Å²) in [7, 11) is 0. The minimum atomic E-state index is -1.37. The Hall–Kier alpha value is -2.48. The number of β-lactam (4-membered cyclic amide) rings is 1. The summed E-state index contributed by atoms with van der Waals surface area (Å²) < 4.78 is 0. The van der Waals surface area contributed by atoms with Crippen LogP contribution >= 0.6 is 0 Å². The van der Waals surface area contributed by atoms with E-state index in [0.29, 0.717) is 24.2 Å². The zero-order valence-corrected chi connectivity index (χ0v) is 18.7. The minimum absolute atomic E-state index is 0. The van der Waals surface area contributed by atoms with Gasteiger partial charge in [-0.2, -0.15) is 0 Å². The van der Waals surface area contributed by atoms with Crippen LogP contribution in [0.3, 0.4) is 0 Å². The van der Waals surface area contributed by atoms with Crippen LogP contribution in [-0.4, -0.2) is 51.2 Å². The first-order valence-corrected chi connectivity index (χ1v) is 9.54. The first-order valence-electron chi connectivity index (χ1n) is 9.54. The Morgan fingerprint density at radius 2 is 1.93 bits per heavy atom. The number of para-hydroxylation sites is 1. The number of nitrogens with zero attached hydrogens (tertiary/aromatic N) is 3. The van der Waals surface area contributed by atoms with Crippen molar-refractivity contribution in [3.63, 3.8) is 0 Å². The van der Waals surface area contributed by atoms with Crippen molar-refractivity contribution in [2.24, 2.45) is 5.92 Å². The van der Waals surface area contributed by atoms with E-state index >= 15 is 0 Å². The number of aromatic nitrogens is 1. The molecule has 0 spiro atoms. The van der Waals surface area contributed by atoms with Gasteiger partial charge in [-0.05, 0) is 30.2 Å². The van der Waals surface area contributed by atoms with E-state index in [4.69, 9.17) is 0 Å². The number of aliphatic carboxylic acids is 1. The summed E-state index contributed by atoms with van der Waals surface area (Å²) in [5.41, 5.74) is 1.98.